The molecule has 1 aromatic heterocycles. The molecule has 29 heavy (non-hydrogen) atoms. The Morgan fingerprint density at radius 2 is 1.90 bits per heavy atom. The van der Waals surface area contributed by atoms with Crippen molar-refractivity contribution in [2.75, 3.05) is 10.0 Å². The van der Waals surface area contributed by atoms with Crippen LogP contribution in [0.25, 0.3) is 0 Å². The van der Waals surface area contributed by atoms with Crippen LogP contribution in [0, 0.1) is 6.92 Å². The summed E-state index contributed by atoms with van der Waals surface area (Å²) in [6.45, 7) is 3.25. The Bertz CT molecular complexity index is 1110. The van der Waals surface area contributed by atoms with E-state index >= 15 is 0 Å². The second-order valence-electron chi connectivity index (χ2n) is 6.16. The summed E-state index contributed by atoms with van der Waals surface area (Å²) in [6, 6.07) is 13.9. The van der Waals surface area contributed by atoms with Crippen molar-refractivity contribution in [3.63, 3.8) is 0 Å². The van der Waals surface area contributed by atoms with E-state index < -0.39 is 22.0 Å². The molecule has 1 amide bonds. The highest BCUT2D eigenvalue weighted by Crippen LogP contribution is 2.20. The number of ether oxygens (including phenoxy) is 1. The molecule has 152 valence electrons. The Morgan fingerprint density at radius 1 is 1.17 bits per heavy atom. The number of benzene rings is 2. The number of carbonyl (C=O) groups excluding carboxylic acids is 1. The summed E-state index contributed by atoms with van der Waals surface area (Å²) in [6.07, 6.45) is -0.783. The van der Waals surface area contributed by atoms with Gasteiger partial charge in [0.05, 0.1) is 4.90 Å². The first-order valence-electron chi connectivity index (χ1n) is 8.52. The monoisotopic (exact) mass is 435 g/mol. The largest absolute Gasteiger partial charge is 0.481 e. The van der Waals surface area contributed by atoms with Gasteiger partial charge in [0.1, 0.15) is 11.5 Å². The Labute approximate surface area is 172 Å². The van der Waals surface area contributed by atoms with Gasteiger partial charge in [0.2, 0.25) is 0 Å². The van der Waals surface area contributed by atoms with Crippen LogP contribution in [0.2, 0.25) is 5.02 Å². The molecular weight excluding hydrogens is 418 g/mol. The molecule has 2 aromatic carbocycles. The number of amides is 1. The molecule has 0 spiro atoms. The van der Waals surface area contributed by atoms with Gasteiger partial charge in [-0.15, -0.1) is 0 Å². The highest BCUT2D eigenvalue weighted by molar-refractivity contribution is 7.92. The molecule has 1 unspecified atom stereocenters. The van der Waals surface area contributed by atoms with E-state index in [1.807, 2.05) is 0 Å². The molecule has 0 aliphatic carbocycles. The summed E-state index contributed by atoms with van der Waals surface area (Å²) < 4.78 is 37.5. The predicted molar refractivity (Wildman–Crippen MR) is 109 cm³/mol. The third-order valence-electron chi connectivity index (χ3n) is 3.78. The minimum Gasteiger partial charge on any atom is -0.481 e. The van der Waals surface area contributed by atoms with Gasteiger partial charge in [-0.1, -0.05) is 22.8 Å². The first-order valence-corrected chi connectivity index (χ1v) is 10.4. The minimum absolute atomic E-state index is 0.0133. The van der Waals surface area contributed by atoms with Crippen molar-refractivity contribution >= 4 is 39.0 Å². The molecular formula is C19H18ClN3O5S. The molecule has 3 aromatic rings. The van der Waals surface area contributed by atoms with E-state index in [2.05, 4.69) is 15.2 Å². The Hall–Kier alpha value is -3.04. The molecule has 0 saturated carbocycles. The van der Waals surface area contributed by atoms with Gasteiger partial charge in [0, 0.05) is 16.8 Å². The lowest BCUT2D eigenvalue weighted by Gasteiger charge is -2.15. The molecule has 0 radical (unpaired) electrons. The number of carbonyl (C=O) groups is 1. The molecule has 0 bridgehead atoms. The molecule has 0 aliphatic heterocycles. The summed E-state index contributed by atoms with van der Waals surface area (Å²) in [5.74, 6) is 0.647. The quantitative estimate of drug-likeness (QED) is 0.583. The number of nitrogens with one attached hydrogen (secondary N) is 2. The van der Waals surface area contributed by atoms with Gasteiger partial charge in [-0.05, 0) is 56.3 Å². The maximum Gasteiger partial charge on any atom is 0.265 e. The van der Waals surface area contributed by atoms with Crippen molar-refractivity contribution in [2.24, 2.45) is 0 Å². The van der Waals surface area contributed by atoms with Crippen LogP contribution in [0.1, 0.15) is 12.7 Å². The van der Waals surface area contributed by atoms with Crippen LogP contribution in [-0.4, -0.2) is 25.6 Å². The van der Waals surface area contributed by atoms with Gasteiger partial charge in [0.15, 0.2) is 11.9 Å². The van der Waals surface area contributed by atoms with Crippen LogP contribution in [0.15, 0.2) is 64.0 Å². The third kappa shape index (κ3) is 5.49. The number of sulfonamides is 1. The van der Waals surface area contributed by atoms with Crippen LogP contribution in [0.4, 0.5) is 11.5 Å². The Kier molecular flexibility index (Phi) is 6.09. The van der Waals surface area contributed by atoms with Crippen molar-refractivity contribution in [3.05, 3.63) is 65.4 Å². The normalized spacial score (nSPS) is 12.2. The maximum absolute atomic E-state index is 12.4. The SMILES string of the molecule is Cc1cc(NS(=O)(=O)c2ccc(NC(=O)C(C)Oc3cccc(Cl)c3)cc2)no1. The number of aromatic nitrogens is 1. The Balaban J connectivity index is 1.62. The van der Waals surface area contributed by atoms with E-state index in [1.165, 1.54) is 30.3 Å². The van der Waals surface area contributed by atoms with E-state index in [9.17, 15) is 13.2 Å². The van der Waals surface area contributed by atoms with Gasteiger partial charge in [0.25, 0.3) is 15.9 Å². The number of aryl methyl sites for hydroxylation is 1. The topological polar surface area (TPSA) is 111 Å². The third-order valence-corrected chi connectivity index (χ3v) is 5.38. The fourth-order valence-electron chi connectivity index (χ4n) is 2.37. The molecule has 8 nitrogen and oxygen atoms in total. The number of hydrogen-bond acceptors (Lipinski definition) is 6. The molecule has 3 rings (SSSR count). The van der Waals surface area contributed by atoms with Crippen molar-refractivity contribution in [3.8, 4) is 5.75 Å². The first-order chi connectivity index (χ1) is 13.7. The zero-order valence-electron chi connectivity index (χ0n) is 15.5. The zero-order chi connectivity index (χ0) is 21.0. The molecule has 0 aliphatic rings. The highest BCUT2D eigenvalue weighted by Gasteiger charge is 2.18. The number of anilines is 2. The van der Waals surface area contributed by atoms with Gasteiger partial charge in [-0.2, -0.15) is 0 Å². The van der Waals surface area contributed by atoms with Crippen LogP contribution in [-0.2, 0) is 14.8 Å². The second kappa shape index (κ2) is 8.54. The summed E-state index contributed by atoms with van der Waals surface area (Å²) in [5, 5.41) is 6.77. The number of halogens is 1. The van der Waals surface area contributed by atoms with Crippen molar-refractivity contribution in [1.82, 2.24) is 5.16 Å². The highest BCUT2D eigenvalue weighted by atomic mass is 35.5. The maximum atomic E-state index is 12.4. The lowest BCUT2D eigenvalue weighted by molar-refractivity contribution is -0.122. The average Bonchev–Trinajstić information content (AvgIpc) is 3.06. The first kappa shape index (κ1) is 20.7. The van der Waals surface area contributed by atoms with Gasteiger partial charge < -0.3 is 14.6 Å². The molecule has 1 heterocycles. The van der Waals surface area contributed by atoms with Gasteiger partial charge in [-0.3, -0.25) is 9.52 Å². The van der Waals surface area contributed by atoms with Crippen LogP contribution in [0.5, 0.6) is 5.75 Å². The molecule has 0 saturated heterocycles. The summed E-state index contributed by atoms with van der Waals surface area (Å²) >= 11 is 5.90. The fraction of sp³-hybridized carbons (Fsp3) is 0.158. The zero-order valence-corrected chi connectivity index (χ0v) is 17.1. The summed E-state index contributed by atoms with van der Waals surface area (Å²) in [7, 11) is -3.83. The predicted octanol–water partition coefficient (Wildman–Crippen LogP) is 3.84. The van der Waals surface area contributed by atoms with Crippen LogP contribution < -0.4 is 14.8 Å². The smallest absolute Gasteiger partial charge is 0.265 e. The summed E-state index contributed by atoms with van der Waals surface area (Å²) in [4.78, 5) is 12.3. The molecule has 1 atom stereocenters. The van der Waals surface area contributed by atoms with E-state index in [4.69, 9.17) is 20.9 Å². The van der Waals surface area contributed by atoms with Crippen molar-refractivity contribution in [1.29, 1.82) is 0 Å². The van der Waals surface area contributed by atoms with Crippen molar-refractivity contribution < 1.29 is 22.5 Å². The van der Waals surface area contributed by atoms with Gasteiger partial charge >= 0.3 is 0 Å². The van der Waals surface area contributed by atoms with Gasteiger partial charge in [-0.25, -0.2) is 8.42 Å². The number of nitrogens with zero attached hydrogens (tertiary/aromatic N) is 1. The van der Waals surface area contributed by atoms with E-state index in [-0.39, 0.29) is 10.7 Å². The summed E-state index contributed by atoms with van der Waals surface area (Å²) in [5.41, 5.74) is 0.424. The molecule has 10 heteroatoms. The lowest BCUT2D eigenvalue weighted by atomic mass is 10.3. The molecule has 0 fully saturated rings. The standard InChI is InChI=1S/C19H18ClN3O5S/c1-12-10-18(22-28-12)23-29(25,26)17-8-6-15(7-9-17)21-19(24)13(2)27-16-5-3-4-14(20)11-16/h3-11,13H,1-2H3,(H,21,24)(H,22,23). The second-order valence-corrected chi connectivity index (χ2v) is 8.28. The molecule has 2 N–H and O–H groups in total. The van der Waals surface area contributed by atoms with Crippen LogP contribution in [0.3, 0.4) is 0 Å². The van der Waals surface area contributed by atoms with Crippen molar-refractivity contribution in [2.45, 2.75) is 24.8 Å². The van der Waals surface area contributed by atoms with Crippen LogP contribution >= 0.6 is 11.6 Å². The average molecular weight is 436 g/mol. The minimum atomic E-state index is -3.83. The fourth-order valence-corrected chi connectivity index (χ4v) is 3.53. The number of rotatable bonds is 7. The number of hydrogen-bond donors (Lipinski definition) is 2. The van der Waals surface area contributed by atoms with E-state index in [0.717, 1.165) is 0 Å². The Morgan fingerprint density at radius 3 is 2.52 bits per heavy atom. The lowest BCUT2D eigenvalue weighted by Crippen LogP contribution is -2.30. The van der Waals surface area contributed by atoms with E-state index in [1.54, 1.807) is 38.1 Å². The van der Waals surface area contributed by atoms with E-state index in [0.29, 0.717) is 22.2 Å².